The number of hydrogen-bond acceptors (Lipinski definition) is 4. The lowest BCUT2D eigenvalue weighted by Crippen LogP contribution is -2.41. The standard InChI is InChI=1S/C18H29NO3S/c1-3-23(21,22)17-10-8-16(9-11-17)15(2)19-14-18(20)12-6-4-5-7-13-18/h8-11,15,19-20H,3-7,12-14H2,1-2H3. The van der Waals surface area contributed by atoms with E-state index in [0.29, 0.717) is 11.4 Å². The van der Waals surface area contributed by atoms with Gasteiger partial charge in [-0.25, -0.2) is 8.42 Å². The maximum Gasteiger partial charge on any atom is 0.178 e. The van der Waals surface area contributed by atoms with Crippen LogP contribution in [0.1, 0.15) is 64.0 Å². The first-order chi connectivity index (χ1) is 10.9. The molecule has 1 aromatic rings. The molecule has 1 aliphatic carbocycles. The molecule has 1 unspecified atom stereocenters. The quantitative estimate of drug-likeness (QED) is 0.781. The molecule has 2 N–H and O–H groups in total. The molecule has 23 heavy (non-hydrogen) atoms. The van der Waals surface area contributed by atoms with Crippen molar-refractivity contribution in [2.75, 3.05) is 12.3 Å². The lowest BCUT2D eigenvalue weighted by Gasteiger charge is -2.29. The highest BCUT2D eigenvalue weighted by Gasteiger charge is 2.28. The van der Waals surface area contributed by atoms with Gasteiger partial charge in [0.2, 0.25) is 0 Å². The van der Waals surface area contributed by atoms with Crippen LogP contribution in [0.4, 0.5) is 0 Å². The number of sulfone groups is 1. The van der Waals surface area contributed by atoms with Crippen molar-refractivity contribution in [3.05, 3.63) is 29.8 Å². The van der Waals surface area contributed by atoms with E-state index in [0.717, 1.165) is 31.2 Å². The number of aliphatic hydroxyl groups is 1. The summed E-state index contributed by atoms with van der Waals surface area (Å²) in [7, 11) is -3.14. The summed E-state index contributed by atoms with van der Waals surface area (Å²) in [6, 6.07) is 7.15. The Balaban J connectivity index is 1.96. The molecule has 1 aromatic carbocycles. The van der Waals surface area contributed by atoms with Crippen LogP contribution in [-0.4, -0.2) is 31.4 Å². The fourth-order valence-electron chi connectivity index (χ4n) is 3.15. The van der Waals surface area contributed by atoms with Crippen molar-refractivity contribution < 1.29 is 13.5 Å². The lowest BCUT2D eigenvalue weighted by atomic mass is 9.94. The molecule has 0 amide bonds. The zero-order valence-corrected chi connectivity index (χ0v) is 15.0. The predicted molar refractivity (Wildman–Crippen MR) is 93.2 cm³/mol. The van der Waals surface area contributed by atoms with Crippen molar-refractivity contribution in [2.45, 2.75) is 68.9 Å². The van der Waals surface area contributed by atoms with Gasteiger partial charge in [-0.15, -0.1) is 0 Å². The second kappa shape index (κ2) is 7.77. The van der Waals surface area contributed by atoms with Crippen LogP contribution in [0.2, 0.25) is 0 Å². The summed E-state index contributed by atoms with van der Waals surface area (Å²) in [5, 5.41) is 14.1. The fraction of sp³-hybridized carbons (Fsp3) is 0.667. The van der Waals surface area contributed by atoms with Gasteiger partial charge < -0.3 is 10.4 Å². The number of benzene rings is 1. The Kier molecular flexibility index (Phi) is 6.23. The van der Waals surface area contributed by atoms with Crippen molar-refractivity contribution >= 4 is 9.84 Å². The molecule has 0 bridgehead atoms. The Hall–Kier alpha value is -0.910. The second-order valence-corrected chi connectivity index (χ2v) is 8.99. The summed E-state index contributed by atoms with van der Waals surface area (Å²) in [5.41, 5.74) is 0.438. The Morgan fingerprint density at radius 2 is 1.70 bits per heavy atom. The van der Waals surface area contributed by atoms with Gasteiger partial charge in [0.1, 0.15) is 0 Å². The Morgan fingerprint density at radius 1 is 1.13 bits per heavy atom. The minimum absolute atomic E-state index is 0.0839. The van der Waals surface area contributed by atoms with Crippen LogP contribution in [0.15, 0.2) is 29.2 Å². The van der Waals surface area contributed by atoms with Crippen molar-refractivity contribution in [2.24, 2.45) is 0 Å². The predicted octanol–water partition coefficient (Wildman–Crippen LogP) is 3.22. The maximum atomic E-state index is 11.8. The molecule has 1 fully saturated rings. The summed E-state index contributed by atoms with van der Waals surface area (Å²) in [5.74, 6) is 0.118. The second-order valence-electron chi connectivity index (χ2n) is 6.71. The van der Waals surface area contributed by atoms with Crippen molar-refractivity contribution in [1.82, 2.24) is 5.32 Å². The van der Waals surface area contributed by atoms with Gasteiger partial charge >= 0.3 is 0 Å². The van der Waals surface area contributed by atoms with Gasteiger partial charge in [-0.2, -0.15) is 0 Å². The molecule has 1 aliphatic rings. The molecule has 5 heteroatoms. The van der Waals surface area contributed by atoms with E-state index in [2.05, 4.69) is 5.32 Å². The molecule has 4 nitrogen and oxygen atoms in total. The molecule has 1 atom stereocenters. The summed E-state index contributed by atoms with van der Waals surface area (Å²) in [6.45, 7) is 4.29. The van der Waals surface area contributed by atoms with Crippen LogP contribution < -0.4 is 5.32 Å². The van der Waals surface area contributed by atoms with Crippen LogP contribution >= 0.6 is 0 Å². The van der Waals surface area contributed by atoms with Crippen LogP contribution in [0.25, 0.3) is 0 Å². The van der Waals surface area contributed by atoms with Crippen molar-refractivity contribution in [3.63, 3.8) is 0 Å². The molecule has 0 radical (unpaired) electrons. The molecule has 2 rings (SSSR count). The zero-order chi connectivity index (χ0) is 16.9. The molecular formula is C18H29NO3S. The van der Waals surface area contributed by atoms with Crippen LogP contribution in [0.3, 0.4) is 0 Å². The topological polar surface area (TPSA) is 66.4 Å². The molecule has 0 saturated heterocycles. The number of hydrogen-bond donors (Lipinski definition) is 2. The van der Waals surface area contributed by atoms with Gasteiger partial charge in [-0.05, 0) is 37.5 Å². The Labute approximate surface area is 140 Å². The monoisotopic (exact) mass is 339 g/mol. The van der Waals surface area contributed by atoms with Crippen LogP contribution in [0.5, 0.6) is 0 Å². The van der Waals surface area contributed by atoms with Gasteiger partial charge in [-0.3, -0.25) is 0 Å². The first kappa shape index (κ1) is 18.4. The zero-order valence-electron chi connectivity index (χ0n) is 14.2. The molecule has 0 aromatic heterocycles. The smallest absolute Gasteiger partial charge is 0.178 e. The average Bonchev–Trinajstić information content (AvgIpc) is 2.78. The summed E-state index contributed by atoms with van der Waals surface area (Å²) in [4.78, 5) is 0.373. The largest absolute Gasteiger partial charge is 0.389 e. The van der Waals surface area contributed by atoms with E-state index in [1.807, 2.05) is 19.1 Å². The molecule has 0 aliphatic heterocycles. The van der Waals surface area contributed by atoms with Gasteiger partial charge in [0.05, 0.1) is 16.2 Å². The highest BCUT2D eigenvalue weighted by atomic mass is 32.2. The molecule has 1 saturated carbocycles. The van der Waals surface area contributed by atoms with Crippen LogP contribution in [-0.2, 0) is 9.84 Å². The Bertz CT molecular complexity index is 587. The summed E-state index contributed by atoms with van der Waals surface area (Å²) >= 11 is 0. The van der Waals surface area contributed by atoms with Gasteiger partial charge in [0.15, 0.2) is 9.84 Å². The molecule has 0 heterocycles. The number of nitrogens with one attached hydrogen (secondary N) is 1. The van der Waals surface area contributed by atoms with E-state index in [1.165, 1.54) is 12.8 Å². The third kappa shape index (κ3) is 5.03. The van der Waals surface area contributed by atoms with E-state index in [-0.39, 0.29) is 11.8 Å². The summed E-state index contributed by atoms with van der Waals surface area (Å²) < 4.78 is 23.7. The minimum atomic E-state index is -3.14. The maximum absolute atomic E-state index is 11.8. The SMILES string of the molecule is CCS(=O)(=O)c1ccc(C(C)NCC2(O)CCCCCC2)cc1. The minimum Gasteiger partial charge on any atom is -0.389 e. The van der Waals surface area contributed by atoms with Crippen molar-refractivity contribution in [1.29, 1.82) is 0 Å². The summed E-state index contributed by atoms with van der Waals surface area (Å²) in [6.07, 6.45) is 6.34. The van der Waals surface area contributed by atoms with Gasteiger partial charge in [-0.1, -0.05) is 44.7 Å². The van der Waals surface area contributed by atoms with E-state index in [9.17, 15) is 13.5 Å². The average molecular weight is 340 g/mol. The van der Waals surface area contributed by atoms with Crippen LogP contribution in [0, 0.1) is 0 Å². The third-order valence-electron chi connectivity index (χ3n) is 4.89. The van der Waals surface area contributed by atoms with E-state index >= 15 is 0 Å². The van der Waals surface area contributed by atoms with Crippen molar-refractivity contribution in [3.8, 4) is 0 Å². The highest BCUT2D eigenvalue weighted by molar-refractivity contribution is 7.91. The van der Waals surface area contributed by atoms with Gasteiger partial charge in [0.25, 0.3) is 0 Å². The van der Waals surface area contributed by atoms with E-state index in [4.69, 9.17) is 0 Å². The van der Waals surface area contributed by atoms with E-state index in [1.54, 1.807) is 19.1 Å². The molecule has 0 spiro atoms. The first-order valence-electron chi connectivity index (χ1n) is 8.65. The molecular weight excluding hydrogens is 310 g/mol. The number of rotatable bonds is 6. The van der Waals surface area contributed by atoms with Gasteiger partial charge in [0, 0.05) is 12.6 Å². The fourth-order valence-corrected chi connectivity index (χ4v) is 4.04. The Morgan fingerprint density at radius 3 is 2.22 bits per heavy atom. The highest BCUT2D eigenvalue weighted by Crippen LogP contribution is 2.27. The first-order valence-corrected chi connectivity index (χ1v) is 10.3. The molecule has 130 valence electrons. The third-order valence-corrected chi connectivity index (χ3v) is 6.64. The lowest BCUT2D eigenvalue weighted by molar-refractivity contribution is 0.0231. The normalized spacial score (nSPS) is 20.0. The van der Waals surface area contributed by atoms with E-state index < -0.39 is 15.4 Å².